The van der Waals surface area contributed by atoms with E-state index in [9.17, 15) is 23.2 Å². The van der Waals surface area contributed by atoms with Crippen LogP contribution in [-0.2, 0) is 0 Å². The molecule has 0 aliphatic heterocycles. The number of ether oxygens (including phenoxy) is 3. The van der Waals surface area contributed by atoms with Crippen molar-refractivity contribution in [1.82, 2.24) is 9.55 Å². The van der Waals surface area contributed by atoms with Crippen LogP contribution in [0.1, 0.15) is 12.8 Å². The lowest BCUT2D eigenvalue weighted by Gasteiger charge is -2.14. The zero-order chi connectivity index (χ0) is 25.5. The second-order valence-corrected chi connectivity index (χ2v) is 8.32. The number of methoxy groups -OCH3 is 1. The van der Waals surface area contributed by atoms with Gasteiger partial charge in [0.25, 0.3) is 5.56 Å². The average molecular weight is 497 g/mol. The zero-order valence-corrected chi connectivity index (χ0v) is 18.8. The molecule has 1 aliphatic rings. The number of benzene rings is 1. The number of furan rings is 1. The van der Waals surface area contributed by atoms with Gasteiger partial charge in [-0.05, 0) is 49.2 Å². The first-order valence-electron chi connectivity index (χ1n) is 10.8. The number of alkyl halides is 3. The van der Waals surface area contributed by atoms with Gasteiger partial charge in [0.15, 0.2) is 17.3 Å². The molecule has 1 saturated carbocycles. The summed E-state index contributed by atoms with van der Waals surface area (Å²) >= 11 is 0. The van der Waals surface area contributed by atoms with Gasteiger partial charge in [-0.2, -0.15) is 5.26 Å². The number of aromatic nitrogens is 2. The monoisotopic (exact) mass is 497 g/mol. The fourth-order valence-electron chi connectivity index (χ4n) is 3.67. The highest BCUT2D eigenvalue weighted by molar-refractivity contribution is 5.81. The molecule has 0 amide bonds. The molecular weight excluding hydrogens is 479 g/mol. The molecule has 1 aliphatic carbocycles. The molecule has 1 aromatic carbocycles. The lowest BCUT2D eigenvalue weighted by atomic mass is 10.1. The van der Waals surface area contributed by atoms with E-state index < -0.39 is 17.5 Å². The van der Waals surface area contributed by atoms with Gasteiger partial charge < -0.3 is 18.6 Å². The maximum Gasteiger partial charge on any atom is 0.573 e. The van der Waals surface area contributed by atoms with Gasteiger partial charge in [-0.3, -0.25) is 9.36 Å². The van der Waals surface area contributed by atoms with Crippen LogP contribution in [0.4, 0.5) is 13.2 Å². The minimum atomic E-state index is -4.82. The van der Waals surface area contributed by atoms with Crippen molar-refractivity contribution in [3.8, 4) is 40.5 Å². The Labute approximate surface area is 202 Å². The topological polar surface area (TPSA) is 99.5 Å². The van der Waals surface area contributed by atoms with Crippen molar-refractivity contribution in [2.24, 2.45) is 5.41 Å². The fraction of sp³-hybridized carbons (Fsp3) is 0.240. The molecule has 5 rings (SSSR count). The van der Waals surface area contributed by atoms with E-state index in [0.29, 0.717) is 22.8 Å². The van der Waals surface area contributed by atoms with Crippen LogP contribution in [0.3, 0.4) is 0 Å². The highest BCUT2D eigenvalue weighted by Gasteiger charge is 2.44. The third-order valence-corrected chi connectivity index (χ3v) is 5.83. The van der Waals surface area contributed by atoms with Gasteiger partial charge in [-0.1, -0.05) is 0 Å². The summed E-state index contributed by atoms with van der Waals surface area (Å²) in [5.74, 6) is 0.621. The van der Waals surface area contributed by atoms with Crippen molar-refractivity contribution >= 4 is 11.0 Å². The van der Waals surface area contributed by atoms with Crippen molar-refractivity contribution in [2.75, 3.05) is 13.7 Å². The molecule has 1 fully saturated rings. The van der Waals surface area contributed by atoms with Crippen LogP contribution >= 0.6 is 0 Å². The molecule has 3 aromatic heterocycles. The van der Waals surface area contributed by atoms with E-state index in [-0.39, 0.29) is 29.0 Å². The Balaban J connectivity index is 1.43. The Morgan fingerprint density at radius 2 is 1.97 bits per heavy atom. The lowest BCUT2D eigenvalue weighted by Crippen LogP contribution is -2.17. The minimum Gasteiger partial charge on any atom is -0.493 e. The quantitative estimate of drug-likeness (QED) is 0.345. The molecule has 0 unspecified atom stereocenters. The predicted octanol–water partition coefficient (Wildman–Crippen LogP) is 5.24. The van der Waals surface area contributed by atoms with Crippen molar-refractivity contribution in [2.45, 2.75) is 19.2 Å². The minimum absolute atomic E-state index is 0.214. The molecule has 184 valence electrons. The molecule has 0 bridgehead atoms. The van der Waals surface area contributed by atoms with Crippen LogP contribution in [0.5, 0.6) is 17.2 Å². The number of nitriles is 1. The summed E-state index contributed by atoms with van der Waals surface area (Å²) in [6.07, 6.45) is -0.766. The molecule has 3 heterocycles. The van der Waals surface area contributed by atoms with E-state index in [1.165, 1.54) is 30.0 Å². The first-order chi connectivity index (χ1) is 17.2. The Bertz CT molecular complexity index is 1530. The van der Waals surface area contributed by atoms with E-state index >= 15 is 0 Å². The van der Waals surface area contributed by atoms with Crippen LogP contribution in [0.25, 0.3) is 28.1 Å². The summed E-state index contributed by atoms with van der Waals surface area (Å²) in [6.45, 7) is 0.264. The van der Waals surface area contributed by atoms with Gasteiger partial charge >= 0.3 is 6.36 Å². The smallest absolute Gasteiger partial charge is 0.493 e. The van der Waals surface area contributed by atoms with Gasteiger partial charge in [0.05, 0.1) is 35.9 Å². The Morgan fingerprint density at radius 3 is 2.61 bits per heavy atom. The normalized spacial score (nSPS) is 14.3. The van der Waals surface area contributed by atoms with E-state index in [2.05, 4.69) is 15.8 Å². The highest BCUT2D eigenvalue weighted by atomic mass is 19.4. The average Bonchev–Trinajstić information content (AvgIpc) is 3.51. The maximum absolute atomic E-state index is 13.2. The number of nitrogens with zero attached hydrogens (tertiary/aromatic N) is 3. The second kappa shape index (κ2) is 8.64. The third kappa shape index (κ3) is 4.57. The summed E-state index contributed by atoms with van der Waals surface area (Å²) in [6, 6.07) is 12.8. The largest absolute Gasteiger partial charge is 0.573 e. The zero-order valence-electron chi connectivity index (χ0n) is 18.8. The SMILES string of the molecule is COc1cc(-n2ccc3oc(-c4ccc(OC(F)(F)F)cn4)cc3c2=O)ccc1OCC1(C#N)CC1. The van der Waals surface area contributed by atoms with Crippen molar-refractivity contribution in [3.63, 3.8) is 0 Å². The number of fused-ring (bicyclic) bond motifs is 1. The molecule has 0 N–H and O–H groups in total. The predicted molar refractivity (Wildman–Crippen MR) is 121 cm³/mol. The number of pyridine rings is 2. The van der Waals surface area contributed by atoms with Crippen LogP contribution in [-0.4, -0.2) is 29.6 Å². The molecule has 4 aromatic rings. The van der Waals surface area contributed by atoms with Crippen LogP contribution < -0.4 is 19.8 Å². The first kappa shape index (κ1) is 23.3. The Hall–Kier alpha value is -4.46. The van der Waals surface area contributed by atoms with Gasteiger partial charge in [0.2, 0.25) is 0 Å². The van der Waals surface area contributed by atoms with Crippen LogP contribution in [0.2, 0.25) is 0 Å². The molecule has 8 nitrogen and oxygen atoms in total. The Kier molecular flexibility index (Phi) is 5.59. The van der Waals surface area contributed by atoms with E-state index in [0.717, 1.165) is 25.1 Å². The summed E-state index contributed by atoms with van der Waals surface area (Å²) < 4.78 is 59.3. The Morgan fingerprint density at radius 1 is 1.17 bits per heavy atom. The number of rotatable bonds is 7. The van der Waals surface area contributed by atoms with Gasteiger partial charge in [0.1, 0.15) is 23.6 Å². The third-order valence-electron chi connectivity index (χ3n) is 5.83. The van der Waals surface area contributed by atoms with E-state index in [1.807, 2.05) is 0 Å². The molecule has 0 radical (unpaired) electrons. The van der Waals surface area contributed by atoms with Crippen LogP contribution in [0, 0.1) is 16.7 Å². The standard InChI is InChI=1S/C25H18F3N3O5/c1-33-22-10-15(2-5-20(22)34-14-24(13-29)7-8-24)31-9-6-19-17(23(31)32)11-21(35-19)18-4-3-16(12-30-18)36-25(26,27)28/h2-6,9-12H,7-8,14H2,1H3. The number of hydrogen-bond acceptors (Lipinski definition) is 7. The van der Waals surface area contributed by atoms with Gasteiger partial charge in [-0.15, -0.1) is 13.2 Å². The lowest BCUT2D eigenvalue weighted by molar-refractivity contribution is -0.274. The van der Waals surface area contributed by atoms with Crippen molar-refractivity contribution in [1.29, 1.82) is 5.26 Å². The van der Waals surface area contributed by atoms with Gasteiger partial charge in [-0.25, -0.2) is 4.98 Å². The molecule has 36 heavy (non-hydrogen) atoms. The summed E-state index contributed by atoms with van der Waals surface area (Å²) in [5.41, 5.74) is 0.228. The van der Waals surface area contributed by atoms with E-state index in [1.54, 1.807) is 24.3 Å². The summed E-state index contributed by atoms with van der Waals surface area (Å²) in [4.78, 5) is 17.1. The first-order valence-corrected chi connectivity index (χ1v) is 10.8. The van der Waals surface area contributed by atoms with Gasteiger partial charge in [0, 0.05) is 12.3 Å². The van der Waals surface area contributed by atoms with E-state index in [4.69, 9.17) is 13.9 Å². The molecule has 0 saturated heterocycles. The highest BCUT2D eigenvalue weighted by Crippen LogP contribution is 2.45. The van der Waals surface area contributed by atoms with Crippen molar-refractivity contribution < 1.29 is 31.8 Å². The fourth-order valence-corrected chi connectivity index (χ4v) is 3.67. The molecule has 0 atom stereocenters. The molecule has 11 heteroatoms. The second-order valence-electron chi connectivity index (χ2n) is 8.32. The maximum atomic E-state index is 13.2. The summed E-state index contributed by atoms with van der Waals surface area (Å²) in [5, 5.41) is 9.50. The molecule has 0 spiro atoms. The number of hydrogen-bond donors (Lipinski definition) is 0. The van der Waals surface area contributed by atoms with Crippen LogP contribution in [0.15, 0.2) is 64.1 Å². The number of halogens is 3. The molecular formula is C25H18F3N3O5. The summed E-state index contributed by atoms with van der Waals surface area (Å²) in [7, 11) is 1.48. The van der Waals surface area contributed by atoms with Crippen molar-refractivity contribution in [3.05, 3.63) is 65.2 Å².